The van der Waals surface area contributed by atoms with Crippen molar-refractivity contribution in [1.29, 1.82) is 0 Å². The molecule has 0 N–H and O–H groups in total. The van der Waals surface area contributed by atoms with Crippen molar-refractivity contribution in [1.82, 2.24) is 19.8 Å². The Morgan fingerprint density at radius 2 is 1.75 bits per heavy atom. The molecular formula is C24H24N4O3S. The Morgan fingerprint density at radius 3 is 2.41 bits per heavy atom. The number of aryl methyl sites for hydroxylation is 2. The topological polar surface area (TPSA) is 78.6 Å². The molecule has 2 aromatic carbocycles. The predicted octanol–water partition coefficient (Wildman–Crippen LogP) is 4.89. The molecule has 0 unspecified atom stereocenters. The number of nitrogens with zero attached hydrogens (tertiary/aromatic N) is 4. The zero-order valence-corrected chi connectivity index (χ0v) is 19.3. The Balaban J connectivity index is 1.80. The van der Waals surface area contributed by atoms with Crippen LogP contribution in [0, 0.1) is 13.8 Å². The first kappa shape index (κ1) is 21.8. The minimum absolute atomic E-state index is 0.183. The lowest BCUT2D eigenvalue weighted by molar-refractivity contribution is 0.0516. The van der Waals surface area contributed by atoms with Crippen LogP contribution in [0.15, 0.2) is 53.4 Å². The van der Waals surface area contributed by atoms with Crippen LogP contribution in [0.2, 0.25) is 0 Å². The highest BCUT2D eigenvalue weighted by Crippen LogP contribution is 2.31. The fourth-order valence-electron chi connectivity index (χ4n) is 3.42. The molecule has 0 fully saturated rings. The third-order valence-electron chi connectivity index (χ3n) is 5.05. The van der Waals surface area contributed by atoms with Gasteiger partial charge in [0.05, 0.1) is 30.7 Å². The van der Waals surface area contributed by atoms with Crippen LogP contribution in [-0.4, -0.2) is 39.5 Å². The summed E-state index contributed by atoms with van der Waals surface area (Å²) in [5.41, 5.74) is 5.25. The number of ether oxygens (including phenoxy) is 2. The SMILES string of the molecule is CCOC(=O)c1nnc2c(-c3ccc(OC)cc3)c(C)nn2c1CSc1ccc(C)cc1. The second-order valence-electron chi connectivity index (χ2n) is 7.24. The molecular weight excluding hydrogens is 424 g/mol. The second-order valence-corrected chi connectivity index (χ2v) is 8.29. The van der Waals surface area contributed by atoms with Crippen LogP contribution in [-0.2, 0) is 10.5 Å². The Labute approximate surface area is 190 Å². The first-order valence-electron chi connectivity index (χ1n) is 10.3. The van der Waals surface area contributed by atoms with Crippen LogP contribution in [0.3, 0.4) is 0 Å². The van der Waals surface area contributed by atoms with E-state index in [0.29, 0.717) is 17.1 Å². The van der Waals surface area contributed by atoms with Crippen LogP contribution in [0.4, 0.5) is 0 Å². The number of hydrogen-bond acceptors (Lipinski definition) is 7. The molecule has 0 saturated carbocycles. The van der Waals surface area contributed by atoms with E-state index < -0.39 is 5.97 Å². The average Bonchev–Trinajstić information content (AvgIpc) is 3.14. The molecule has 0 amide bonds. The standard InChI is InChI=1S/C24H24N4O3S/c1-5-31-24(29)22-20(14-32-19-12-6-15(2)7-13-19)28-23(26-25-22)21(16(3)27-28)17-8-10-18(30-4)11-9-17/h6-13H,5,14H2,1-4H3. The van der Waals surface area contributed by atoms with Crippen molar-refractivity contribution in [3.8, 4) is 16.9 Å². The molecule has 4 rings (SSSR count). The van der Waals surface area contributed by atoms with E-state index in [2.05, 4.69) is 41.4 Å². The number of fused-ring (bicyclic) bond motifs is 1. The van der Waals surface area contributed by atoms with Crippen LogP contribution >= 0.6 is 11.8 Å². The van der Waals surface area contributed by atoms with Gasteiger partial charge in [-0.3, -0.25) is 0 Å². The maximum atomic E-state index is 12.6. The van der Waals surface area contributed by atoms with E-state index in [0.717, 1.165) is 27.5 Å². The third kappa shape index (κ3) is 4.31. The Kier molecular flexibility index (Phi) is 6.41. The molecule has 4 aromatic rings. The molecule has 0 atom stereocenters. The van der Waals surface area contributed by atoms with Crippen LogP contribution < -0.4 is 4.74 Å². The van der Waals surface area contributed by atoms with Crippen molar-refractivity contribution in [2.24, 2.45) is 0 Å². The van der Waals surface area contributed by atoms with E-state index >= 15 is 0 Å². The molecule has 0 aliphatic carbocycles. The highest BCUT2D eigenvalue weighted by atomic mass is 32.2. The van der Waals surface area contributed by atoms with Gasteiger partial charge < -0.3 is 9.47 Å². The van der Waals surface area contributed by atoms with Gasteiger partial charge in [0.25, 0.3) is 0 Å². The quantitative estimate of drug-likeness (QED) is 0.294. The highest BCUT2D eigenvalue weighted by molar-refractivity contribution is 7.98. The van der Waals surface area contributed by atoms with E-state index in [1.807, 2.05) is 31.2 Å². The summed E-state index contributed by atoms with van der Waals surface area (Å²) in [5.74, 6) is 0.765. The van der Waals surface area contributed by atoms with E-state index in [1.165, 1.54) is 5.56 Å². The molecule has 0 radical (unpaired) electrons. The van der Waals surface area contributed by atoms with Gasteiger partial charge in [-0.25, -0.2) is 9.31 Å². The number of carbonyl (C=O) groups excluding carboxylic acids is 1. The molecule has 0 aliphatic rings. The molecule has 0 aliphatic heterocycles. The number of esters is 1. The maximum Gasteiger partial charge on any atom is 0.360 e. The van der Waals surface area contributed by atoms with Gasteiger partial charge in [0.1, 0.15) is 5.75 Å². The lowest BCUT2D eigenvalue weighted by Gasteiger charge is -2.10. The van der Waals surface area contributed by atoms with Crippen LogP contribution in [0.25, 0.3) is 16.8 Å². The summed E-state index contributed by atoms with van der Waals surface area (Å²) < 4.78 is 12.2. The number of benzene rings is 2. The van der Waals surface area contributed by atoms with Gasteiger partial charge >= 0.3 is 5.97 Å². The molecule has 32 heavy (non-hydrogen) atoms. The number of hydrogen-bond donors (Lipinski definition) is 0. The Morgan fingerprint density at radius 1 is 1.03 bits per heavy atom. The zero-order valence-electron chi connectivity index (χ0n) is 18.5. The van der Waals surface area contributed by atoms with Gasteiger partial charge in [0, 0.05) is 10.6 Å². The monoisotopic (exact) mass is 448 g/mol. The number of rotatable bonds is 7. The molecule has 8 heteroatoms. The first-order chi connectivity index (χ1) is 15.5. The molecule has 2 heterocycles. The smallest absolute Gasteiger partial charge is 0.360 e. The second kappa shape index (κ2) is 9.40. The molecule has 0 bridgehead atoms. The minimum Gasteiger partial charge on any atom is -0.497 e. The Hall–Kier alpha value is -3.39. The average molecular weight is 449 g/mol. The molecule has 0 saturated heterocycles. The predicted molar refractivity (Wildman–Crippen MR) is 124 cm³/mol. The van der Waals surface area contributed by atoms with Gasteiger partial charge in [0.15, 0.2) is 11.3 Å². The first-order valence-corrected chi connectivity index (χ1v) is 11.3. The maximum absolute atomic E-state index is 12.6. The van der Waals surface area contributed by atoms with Crippen molar-refractivity contribution in [2.45, 2.75) is 31.4 Å². The van der Waals surface area contributed by atoms with E-state index in [4.69, 9.17) is 14.6 Å². The molecule has 164 valence electrons. The van der Waals surface area contributed by atoms with Gasteiger partial charge in [-0.15, -0.1) is 22.0 Å². The van der Waals surface area contributed by atoms with Crippen molar-refractivity contribution < 1.29 is 14.3 Å². The molecule has 2 aromatic heterocycles. The number of carbonyl (C=O) groups is 1. The third-order valence-corrected chi connectivity index (χ3v) is 6.08. The van der Waals surface area contributed by atoms with Crippen molar-refractivity contribution in [2.75, 3.05) is 13.7 Å². The largest absolute Gasteiger partial charge is 0.497 e. The lowest BCUT2D eigenvalue weighted by atomic mass is 10.1. The molecule has 7 nitrogen and oxygen atoms in total. The molecule has 0 spiro atoms. The normalized spacial score (nSPS) is 11.0. The van der Waals surface area contributed by atoms with E-state index in [-0.39, 0.29) is 12.3 Å². The van der Waals surface area contributed by atoms with Gasteiger partial charge in [-0.1, -0.05) is 29.8 Å². The fourth-order valence-corrected chi connectivity index (χ4v) is 4.31. The summed E-state index contributed by atoms with van der Waals surface area (Å²) >= 11 is 1.61. The minimum atomic E-state index is -0.499. The van der Waals surface area contributed by atoms with E-state index in [9.17, 15) is 4.79 Å². The summed E-state index contributed by atoms with van der Waals surface area (Å²) in [5, 5.41) is 13.3. The van der Waals surface area contributed by atoms with Gasteiger partial charge in [-0.05, 0) is 50.6 Å². The Bertz CT molecular complexity index is 1250. The van der Waals surface area contributed by atoms with E-state index in [1.54, 1.807) is 30.3 Å². The van der Waals surface area contributed by atoms with Crippen LogP contribution in [0.5, 0.6) is 5.75 Å². The van der Waals surface area contributed by atoms with Crippen LogP contribution in [0.1, 0.15) is 34.4 Å². The van der Waals surface area contributed by atoms with Crippen molar-refractivity contribution >= 4 is 23.4 Å². The highest BCUT2D eigenvalue weighted by Gasteiger charge is 2.23. The summed E-state index contributed by atoms with van der Waals surface area (Å²) in [6.45, 7) is 6.01. The number of thioether (sulfide) groups is 1. The summed E-state index contributed by atoms with van der Waals surface area (Å²) in [6.07, 6.45) is 0. The zero-order chi connectivity index (χ0) is 22.7. The summed E-state index contributed by atoms with van der Waals surface area (Å²) in [4.78, 5) is 13.7. The van der Waals surface area contributed by atoms with Crippen molar-refractivity contribution in [3.05, 3.63) is 71.2 Å². The van der Waals surface area contributed by atoms with Gasteiger partial charge in [0.2, 0.25) is 0 Å². The number of aromatic nitrogens is 4. The number of methoxy groups -OCH3 is 1. The fraction of sp³-hybridized carbons (Fsp3) is 0.250. The lowest BCUT2D eigenvalue weighted by Crippen LogP contribution is -2.16. The summed E-state index contributed by atoms with van der Waals surface area (Å²) in [6, 6.07) is 16.0. The van der Waals surface area contributed by atoms with Gasteiger partial charge in [-0.2, -0.15) is 5.10 Å². The summed E-state index contributed by atoms with van der Waals surface area (Å²) in [7, 11) is 1.63. The van der Waals surface area contributed by atoms with Crippen molar-refractivity contribution in [3.63, 3.8) is 0 Å².